The summed E-state index contributed by atoms with van der Waals surface area (Å²) >= 11 is 7.49. The predicted molar refractivity (Wildman–Crippen MR) is 93.1 cm³/mol. The molecule has 0 aliphatic heterocycles. The molecule has 0 radical (unpaired) electrons. The Labute approximate surface area is 144 Å². The summed E-state index contributed by atoms with van der Waals surface area (Å²) in [4.78, 5) is 12.0. The number of nitrogens with one attached hydrogen (secondary N) is 1. The Hall–Kier alpha value is -1.53. The molecule has 1 aliphatic rings. The quantitative estimate of drug-likeness (QED) is 0.768. The minimum absolute atomic E-state index is 0.0234. The van der Waals surface area contributed by atoms with Crippen molar-refractivity contribution in [3.05, 3.63) is 35.1 Å². The summed E-state index contributed by atoms with van der Waals surface area (Å²) in [5.74, 6) is 2.33. The number of amides is 1. The van der Waals surface area contributed by atoms with Gasteiger partial charge in [-0.1, -0.05) is 29.4 Å². The second kappa shape index (κ2) is 7.36. The lowest BCUT2D eigenvalue weighted by Crippen LogP contribution is -2.12. The fourth-order valence-electron chi connectivity index (χ4n) is 2.37. The first-order chi connectivity index (χ1) is 11.2. The highest BCUT2D eigenvalue weighted by molar-refractivity contribution is 7.99. The summed E-state index contributed by atoms with van der Waals surface area (Å²) in [6.07, 6.45) is 2.85. The van der Waals surface area contributed by atoms with Gasteiger partial charge in [0.25, 0.3) is 0 Å². The van der Waals surface area contributed by atoms with Gasteiger partial charge in [0, 0.05) is 35.3 Å². The van der Waals surface area contributed by atoms with E-state index in [1.807, 2.05) is 12.1 Å². The maximum absolute atomic E-state index is 12.0. The SMILES string of the molecule is CCn1c(SCCC(=O)Nc2cccc(Cl)c2)nnc1C1CC1. The minimum Gasteiger partial charge on any atom is -0.326 e. The molecular formula is C16H19ClN4OS. The Bertz CT molecular complexity index is 699. The largest absolute Gasteiger partial charge is 0.326 e. The molecule has 0 saturated heterocycles. The van der Waals surface area contributed by atoms with Crippen LogP contribution in [0.3, 0.4) is 0 Å². The molecule has 23 heavy (non-hydrogen) atoms. The lowest BCUT2D eigenvalue weighted by molar-refractivity contribution is -0.115. The van der Waals surface area contributed by atoms with E-state index in [9.17, 15) is 4.79 Å². The number of anilines is 1. The molecule has 3 rings (SSSR count). The standard InChI is InChI=1S/C16H19ClN4OS/c1-2-21-15(11-6-7-11)19-20-16(21)23-9-8-14(22)18-13-5-3-4-12(17)10-13/h3-5,10-11H,2,6-9H2,1H3,(H,18,22). The molecule has 5 nitrogen and oxygen atoms in total. The number of carbonyl (C=O) groups is 1. The first-order valence-electron chi connectivity index (χ1n) is 7.78. The highest BCUT2D eigenvalue weighted by Crippen LogP contribution is 2.40. The average molecular weight is 351 g/mol. The van der Waals surface area contributed by atoms with Gasteiger partial charge in [-0.3, -0.25) is 4.79 Å². The van der Waals surface area contributed by atoms with Gasteiger partial charge in [0.15, 0.2) is 5.16 Å². The van der Waals surface area contributed by atoms with E-state index in [1.54, 1.807) is 23.9 Å². The maximum Gasteiger partial charge on any atom is 0.225 e. The first-order valence-corrected chi connectivity index (χ1v) is 9.15. The molecule has 7 heteroatoms. The van der Waals surface area contributed by atoms with Crippen LogP contribution in [0.1, 0.15) is 37.9 Å². The molecule has 2 aromatic rings. The van der Waals surface area contributed by atoms with E-state index in [2.05, 4.69) is 27.0 Å². The zero-order chi connectivity index (χ0) is 16.2. The van der Waals surface area contributed by atoms with Crippen LogP contribution >= 0.6 is 23.4 Å². The topological polar surface area (TPSA) is 59.8 Å². The molecule has 1 aliphatic carbocycles. The molecule has 0 unspecified atom stereocenters. The van der Waals surface area contributed by atoms with E-state index in [0.29, 0.717) is 23.1 Å². The van der Waals surface area contributed by atoms with Crippen LogP contribution in [0.5, 0.6) is 0 Å². The molecule has 0 atom stereocenters. The fraction of sp³-hybridized carbons (Fsp3) is 0.438. The van der Waals surface area contributed by atoms with E-state index in [0.717, 1.165) is 23.2 Å². The van der Waals surface area contributed by atoms with E-state index in [-0.39, 0.29) is 5.91 Å². The Morgan fingerprint density at radius 2 is 2.26 bits per heavy atom. The molecule has 1 aromatic carbocycles. The molecule has 0 spiro atoms. The van der Waals surface area contributed by atoms with Crippen LogP contribution in [0, 0.1) is 0 Å². The zero-order valence-electron chi connectivity index (χ0n) is 13.0. The van der Waals surface area contributed by atoms with Crippen molar-refractivity contribution in [2.24, 2.45) is 0 Å². The van der Waals surface area contributed by atoms with Crippen LogP contribution in [0.25, 0.3) is 0 Å². The monoisotopic (exact) mass is 350 g/mol. The number of rotatable bonds is 7. The molecule has 1 fully saturated rings. The maximum atomic E-state index is 12.0. The third-order valence-electron chi connectivity index (χ3n) is 3.67. The van der Waals surface area contributed by atoms with Crippen molar-refractivity contribution in [3.63, 3.8) is 0 Å². The number of benzene rings is 1. The van der Waals surface area contributed by atoms with Crippen molar-refractivity contribution < 1.29 is 4.79 Å². The van der Waals surface area contributed by atoms with Gasteiger partial charge in [0.2, 0.25) is 5.91 Å². The molecular weight excluding hydrogens is 332 g/mol. The summed E-state index contributed by atoms with van der Waals surface area (Å²) in [7, 11) is 0. The number of thioether (sulfide) groups is 1. The third-order valence-corrected chi connectivity index (χ3v) is 4.88. The smallest absolute Gasteiger partial charge is 0.225 e. The van der Waals surface area contributed by atoms with Gasteiger partial charge in [-0.05, 0) is 38.0 Å². The van der Waals surface area contributed by atoms with Crippen molar-refractivity contribution in [1.29, 1.82) is 0 Å². The summed E-state index contributed by atoms with van der Waals surface area (Å²) < 4.78 is 2.16. The van der Waals surface area contributed by atoms with Crippen molar-refractivity contribution in [2.45, 2.75) is 43.8 Å². The Morgan fingerprint density at radius 3 is 2.96 bits per heavy atom. The lowest BCUT2D eigenvalue weighted by Gasteiger charge is -2.07. The molecule has 122 valence electrons. The second-order valence-corrected chi connectivity index (χ2v) is 7.01. The lowest BCUT2D eigenvalue weighted by atomic mass is 10.3. The Kier molecular flexibility index (Phi) is 5.23. The van der Waals surface area contributed by atoms with Crippen molar-refractivity contribution in [3.8, 4) is 0 Å². The van der Waals surface area contributed by atoms with Gasteiger partial charge < -0.3 is 9.88 Å². The first kappa shape index (κ1) is 16.3. The fourth-order valence-corrected chi connectivity index (χ4v) is 3.51. The van der Waals surface area contributed by atoms with Gasteiger partial charge in [-0.25, -0.2) is 0 Å². The molecule has 1 saturated carbocycles. The number of hydrogen-bond acceptors (Lipinski definition) is 4. The number of halogens is 1. The zero-order valence-corrected chi connectivity index (χ0v) is 14.5. The Morgan fingerprint density at radius 1 is 1.43 bits per heavy atom. The normalized spacial score (nSPS) is 14.0. The number of nitrogens with zero attached hydrogens (tertiary/aromatic N) is 3. The third kappa shape index (κ3) is 4.26. The summed E-state index contributed by atoms with van der Waals surface area (Å²) in [5.41, 5.74) is 0.722. The second-order valence-electron chi connectivity index (χ2n) is 5.52. The summed E-state index contributed by atoms with van der Waals surface area (Å²) in [6.45, 7) is 2.97. The van der Waals surface area contributed by atoms with Crippen LogP contribution in [0.2, 0.25) is 5.02 Å². The summed E-state index contributed by atoms with van der Waals surface area (Å²) in [6, 6.07) is 7.16. The predicted octanol–water partition coefficient (Wildman–Crippen LogP) is 3.95. The van der Waals surface area contributed by atoms with E-state index in [4.69, 9.17) is 11.6 Å². The molecule has 1 aromatic heterocycles. The van der Waals surface area contributed by atoms with Crippen molar-refractivity contribution >= 4 is 35.0 Å². The summed E-state index contributed by atoms with van der Waals surface area (Å²) in [5, 5.41) is 12.9. The Balaban J connectivity index is 1.50. The highest BCUT2D eigenvalue weighted by Gasteiger charge is 2.29. The van der Waals surface area contributed by atoms with Gasteiger partial charge >= 0.3 is 0 Å². The van der Waals surface area contributed by atoms with Gasteiger partial charge in [0.1, 0.15) is 5.82 Å². The minimum atomic E-state index is -0.0234. The van der Waals surface area contributed by atoms with Crippen LogP contribution in [-0.2, 0) is 11.3 Å². The number of aromatic nitrogens is 3. The van der Waals surface area contributed by atoms with Gasteiger partial charge in [-0.15, -0.1) is 10.2 Å². The molecule has 1 heterocycles. The highest BCUT2D eigenvalue weighted by atomic mass is 35.5. The van der Waals surface area contributed by atoms with Gasteiger partial charge in [0.05, 0.1) is 0 Å². The molecule has 1 N–H and O–H groups in total. The van der Waals surface area contributed by atoms with Crippen LogP contribution < -0.4 is 5.32 Å². The van der Waals surface area contributed by atoms with E-state index < -0.39 is 0 Å². The van der Waals surface area contributed by atoms with E-state index in [1.165, 1.54) is 12.8 Å². The average Bonchev–Trinajstić information content (AvgIpc) is 3.28. The number of carbonyl (C=O) groups excluding carboxylic acids is 1. The van der Waals surface area contributed by atoms with Crippen LogP contribution in [-0.4, -0.2) is 26.4 Å². The molecule has 1 amide bonds. The van der Waals surface area contributed by atoms with Gasteiger partial charge in [-0.2, -0.15) is 0 Å². The van der Waals surface area contributed by atoms with Crippen LogP contribution in [0.4, 0.5) is 5.69 Å². The van der Waals surface area contributed by atoms with Crippen molar-refractivity contribution in [1.82, 2.24) is 14.8 Å². The molecule has 0 bridgehead atoms. The number of hydrogen-bond donors (Lipinski definition) is 1. The van der Waals surface area contributed by atoms with Crippen LogP contribution in [0.15, 0.2) is 29.4 Å². The van der Waals surface area contributed by atoms with E-state index >= 15 is 0 Å². The van der Waals surface area contributed by atoms with Crippen molar-refractivity contribution in [2.75, 3.05) is 11.1 Å².